The third-order valence-corrected chi connectivity index (χ3v) is 4.11. The van der Waals surface area contributed by atoms with E-state index in [1.807, 2.05) is 0 Å². The van der Waals surface area contributed by atoms with Gasteiger partial charge in [0.2, 0.25) is 0 Å². The lowest BCUT2D eigenvalue weighted by atomic mass is 9.74. The average molecular weight is 223 g/mol. The molecule has 0 aromatic rings. The molecular weight excluding hydrogens is 194 g/mol. The van der Waals surface area contributed by atoms with Crippen LogP contribution in [0.1, 0.15) is 53.4 Å². The van der Waals surface area contributed by atoms with Crippen LogP contribution in [0.2, 0.25) is 0 Å². The van der Waals surface area contributed by atoms with Crippen molar-refractivity contribution in [3.8, 4) is 0 Å². The second kappa shape index (κ2) is 6.44. The van der Waals surface area contributed by atoms with E-state index < -0.39 is 0 Å². The molecule has 1 saturated carbocycles. The maximum atomic E-state index is 3.47. The highest BCUT2D eigenvalue weighted by Crippen LogP contribution is 2.35. The molecule has 94 valence electrons. The van der Waals surface area contributed by atoms with E-state index in [9.17, 15) is 0 Å². The van der Waals surface area contributed by atoms with Gasteiger partial charge in [-0.3, -0.25) is 0 Å². The molecule has 16 heavy (non-hydrogen) atoms. The van der Waals surface area contributed by atoms with E-state index in [1.54, 1.807) is 0 Å². The Labute approximate surface area is 102 Å². The molecule has 1 atom stereocenters. The standard InChI is InChI=1S/C15H29N/c1-11(2)10-15(16-5)14-8-6-13(7-9-14)12(3)4/h10,12-16H,6-9H2,1-5H3. The van der Waals surface area contributed by atoms with Crippen molar-refractivity contribution in [2.45, 2.75) is 59.4 Å². The zero-order chi connectivity index (χ0) is 12.1. The number of hydrogen-bond acceptors (Lipinski definition) is 1. The molecule has 0 aromatic carbocycles. The monoisotopic (exact) mass is 223 g/mol. The second-order valence-corrected chi connectivity index (χ2v) is 5.98. The van der Waals surface area contributed by atoms with Crippen molar-refractivity contribution in [3.05, 3.63) is 11.6 Å². The Bertz CT molecular complexity index is 218. The number of hydrogen-bond donors (Lipinski definition) is 1. The minimum atomic E-state index is 0.595. The van der Waals surface area contributed by atoms with Crippen LogP contribution in [0.5, 0.6) is 0 Å². The summed E-state index contributed by atoms with van der Waals surface area (Å²) >= 11 is 0. The average Bonchev–Trinajstić information content (AvgIpc) is 2.25. The highest BCUT2D eigenvalue weighted by atomic mass is 14.9. The Morgan fingerprint density at radius 1 is 1.06 bits per heavy atom. The summed E-state index contributed by atoms with van der Waals surface area (Å²) < 4.78 is 0. The van der Waals surface area contributed by atoms with Crippen molar-refractivity contribution >= 4 is 0 Å². The first-order valence-corrected chi connectivity index (χ1v) is 6.87. The normalized spacial score (nSPS) is 27.9. The molecule has 0 aliphatic heterocycles. The maximum Gasteiger partial charge on any atom is 0.0277 e. The summed E-state index contributed by atoms with van der Waals surface area (Å²) in [6.45, 7) is 9.14. The molecule has 0 saturated heterocycles. The molecule has 1 nitrogen and oxygen atoms in total. The third kappa shape index (κ3) is 3.93. The van der Waals surface area contributed by atoms with Gasteiger partial charge in [0.05, 0.1) is 0 Å². The van der Waals surface area contributed by atoms with Crippen LogP contribution < -0.4 is 5.32 Å². The number of rotatable bonds is 4. The van der Waals surface area contributed by atoms with Crippen LogP contribution in [0, 0.1) is 17.8 Å². The molecular formula is C15H29N. The fraction of sp³-hybridized carbons (Fsp3) is 0.867. The number of allylic oxidation sites excluding steroid dienone is 1. The topological polar surface area (TPSA) is 12.0 Å². The van der Waals surface area contributed by atoms with Crippen LogP contribution >= 0.6 is 0 Å². The van der Waals surface area contributed by atoms with Crippen molar-refractivity contribution in [1.82, 2.24) is 5.32 Å². The first-order valence-electron chi connectivity index (χ1n) is 6.87. The zero-order valence-electron chi connectivity index (χ0n) is 11.7. The molecule has 1 rings (SSSR count). The Hall–Kier alpha value is -0.300. The molecule has 1 N–H and O–H groups in total. The second-order valence-electron chi connectivity index (χ2n) is 5.98. The van der Waals surface area contributed by atoms with E-state index in [-0.39, 0.29) is 0 Å². The zero-order valence-corrected chi connectivity index (χ0v) is 11.7. The first kappa shape index (κ1) is 13.8. The van der Waals surface area contributed by atoms with Crippen LogP contribution in [0.15, 0.2) is 11.6 Å². The van der Waals surface area contributed by atoms with Gasteiger partial charge in [0.15, 0.2) is 0 Å². The minimum Gasteiger partial charge on any atom is -0.313 e. The number of nitrogens with one attached hydrogen (secondary N) is 1. The molecule has 1 fully saturated rings. The van der Waals surface area contributed by atoms with Crippen LogP contribution in [-0.2, 0) is 0 Å². The van der Waals surface area contributed by atoms with Gasteiger partial charge in [0, 0.05) is 6.04 Å². The van der Waals surface area contributed by atoms with Gasteiger partial charge in [-0.1, -0.05) is 25.5 Å². The Morgan fingerprint density at radius 3 is 1.94 bits per heavy atom. The summed E-state index contributed by atoms with van der Waals surface area (Å²) in [4.78, 5) is 0. The predicted octanol–water partition coefficient (Wildman–Crippen LogP) is 4.00. The van der Waals surface area contributed by atoms with Crippen molar-refractivity contribution in [2.24, 2.45) is 17.8 Å². The van der Waals surface area contributed by atoms with Gasteiger partial charge in [0.1, 0.15) is 0 Å². The Kier molecular flexibility index (Phi) is 5.54. The summed E-state index contributed by atoms with van der Waals surface area (Å²) in [5.41, 5.74) is 1.44. The van der Waals surface area contributed by atoms with Crippen LogP contribution in [-0.4, -0.2) is 13.1 Å². The highest BCUT2D eigenvalue weighted by Gasteiger charge is 2.26. The smallest absolute Gasteiger partial charge is 0.0277 e. The van der Waals surface area contributed by atoms with E-state index in [1.165, 1.54) is 31.3 Å². The van der Waals surface area contributed by atoms with E-state index in [4.69, 9.17) is 0 Å². The quantitative estimate of drug-likeness (QED) is 0.710. The first-order chi connectivity index (χ1) is 7.54. The molecule has 1 aliphatic rings. The molecule has 0 heterocycles. The maximum absolute atomic E-state index is 3.47. The van der Waals surface area contributed by atoms with Gasteiger partial charge >= 0.3 is 0 Å². The fourth-order valence-electron chi connectivity index (χ4n) is 2.98. The molecule has 0 radical (unpaired) electrons. The minimum absolute atomic E-state index is 0.595. The van der Waals surface area contributed by atoms with Crippen LogP contribution in [0.25, 0.3) is 0 Å². The van der Waals surface area contributed by atoms with Gasteiger partial charge < -0.3 is 5.32 Å². The molecule has 1 aliphatic carbocycles. The molecule has 1 unspecified atom stereocenters. The predicted molar refractivity (Wildman–Crippen MR) is 72.6 cm³/mol. The van der Waals surface area contributed by atoms with E-state index in [2.05, 4.69) is 46.1 Å². The summed E-state index contributed by atoms with van der Waals surface area (Å²) in [5.74, 6) is 2.70. The lowest BCUT2D eigenvalue weighted by Crippen LogP contribution is -2.35. The Balaban J connectivity index is 2.48. The molecule has 0 bridgehead atoms. The largest absolute Gasteiger partial charge is 0.313 e. The highest BCUT2D eigenvalue weighted by molar-refractivity contribution is 5.03. The van der Waals surface area contributed by atoms with Crippen molar-refractivity contribution in [3.63, 3.8) is 0 Å². The fourth-order valence-corrected chi connectivity index (χ4v) is 2.98. The van der Waals surface area contributed by atoms with Crippen LogP contribution in [0.4, 0.5) is 0 Å². The SMILES string of the molecule is CNC(C=C(C)C)C1CCC(C(C)C)CC1. The molecule has 1 heteroatoms. The van der Waals surface area contributed by atoms with Gasteiger partial charge in [0.25, 0.3) is 0 Å². The summed E-state index contributed by atoms with van der Waals surface area (Å²) in [5, 5.41) is 3.47. The lowest BCUT2D eigenvalue weighted by Gasteiger charge is -2.34. The van der Waals surface area contributed by atoms with Crippen molar-refractivity contribution < 1.29 is 0 Å². The molecule has 0 spiro atoms. The van der Waals surface area contributed by atoms with Gasteiger partial charge in [-0.25, -0.2) is 0 Å². The number of likely N-dealkylation sites (N-methyl/N-ethyl adjacent to an activating group) is 1. The molecule has 0 amide bonds. The lowest BCUT2D eigenvalue weighted by molar-refractivity contribution is 0.205. The van der Waals surface area contributed by atoms with Crippen molar-refractivity contribution in [1.29, 1.82) is 0 Å². The summed E-state index contributed by atoms with van der Waals surface area (Å²) in [7, 11) is 2.10. The summed E-state index contributed by atoms with van der Waals surface area (Å²) in [6, 6.07) is 0.595. The van der Waals surface area contributed by atoms with E-state index >= 15 is 0 Å². The van der Waals surface area contributed by atoms with Crippen molar-refractivity contribution in [2.75, 3.05) is 7.05 Å². The van der Waals surface area contributed by atoms with E-state index in [0.29, 0.717) is 6.04 Å². The van der Waals surface area contributed by atoms with Crippen LogP contribution in [0.3, 0.4) is 0 Å². The third-order valence-electron chi connectivity index (χ3n) is 4.11. The van der Waals surface area contributed by atoms with Gasteiger partial charge in [-0.05, 0) is 64.3 Å². The Morgan fingerprint density at radius 2 is 1.56 bits per heavy atom. The summed E-state index contributed by atoms with van der Waals surface area (Å²) in [6.07, 6.45) is 8.06. The van der Waals surface area contributed by atoms with Gasteiger partial charge in [-0.2, -0.15) is 0 Å². The molecule has 0 aromatic heterocycles. The van der Waals surface area contributed by atoms with E-state index in [0.717, 1.165) is 17.8 Å². The van der Waals surface area contributed by atoms with Gasteiger partial charge in [-0.15, -0.1) is 0 Å².